The van der Waals surface area contributed by atoms with Gasteiger partial charge in [0.25, 0.3) is 5.91 Å². The Bertz CT molecular complexity index is 907. The second-order valence-corrected chi connectivity index (χ2v) is 7.56. The number of halogens is 1. The van der Waals surface area contributed by atoms with Gasteiger partial charge < -0.3 is 10.1 Å². The molecule has 0 radical (unpaired) electrons. The van der Waals surface area contributed by atoms with Gasteiger partial charge in [0.1, 0.15) is 5.82 Å². The summed E-state index contributed by atoms with van der Waals surface area (Å²) in [6.07, 6.45) is 5.34. The van der Waals surface area contributed by atoms with Gasteiger partial charge in [0.2, 0.25) is 0 Å². The van der Waals surface area contributed by atoms with Gasteiger partial charge in [0.15, 0.2) is 0 Å². The molecule has 3 aromatic rings. The summed E-state index contributed by atoms with van der Waals surface area (Å²) in [7, 11) is 0. The number of hydrogen-bond acceptors (Lipinski definition) is 4. The monoisotopic (exact) mass is 370 g/mol. The molecular weight excluding hydrogens is 351 g/mol. The van der Waals surface area contributed by atoms with Crippen LogP contribution in [-0.2, 0) is 4.74 Å². The first kappa shape index (κ1) is 17.1. The van der Waals surface area contributed by atoms with Gasteiger partial charge in [-0.15, -0.1) is 11.3 Å². The number of benzene rings is 1. The van der Waals surface area contributed by atoms with E-state index in [1.807, 2.05) is 12.1 Å². The van der Waals surface area contributed by atoms with Gasteiger partial charge in [-0.3, -0.25) is 9.78 Å². The summed E-state index contributed by atoms with van der Waals surface area (Å²) in [5.41, 5.74) is 1.000. The summed E-state index contributed by atoms with van der Waals surface area (Å²) in [5, 5.41) is 3.93. The summed E-state index contributed by atoms with van der Waals surface area (Å²) < 4.78 is 19.8. The van der Waals surface area contributed by atoms with E-state index in [1.54, 1.807) is 24.5 Å². The van der Waals surface area contributed by atoms with Crippen LogP contribution >= 0.6 is 11.3 Å². The lowest BCUT2D eigenvalue weighted by molar-refractivity contribution is 0.0514. The lowest BCUT2D eigenvalue weighted by Crippen LogP contribution is -2.35. The third-order valence-electron chi connectivity index (χ3n) is 4.77. The number of nitrogens with one attached hydrogen (secondary N) is 1. The zero-order valence-corrected chi connectivity index (χ0v) is 15.0. The van der Waals surface area contributed by atoms with Crippen molar-refractivity contribution in [2.45, 2.75) is 18.9 Å². The van der Waals surface area contributed by atoms with Crippen molar-refractivity contribution in [2.75, 3.05) is 13.2 Å². The Hall–Kier alpha value is -2.31. The van der Waals surface area contributed by atoms with Crippen LogP contribution in [0.1, 0.15) is 34.1 Å². The number of nitrogens with zero attached hydrogens (tertiary/aromatic N) is 1. The Balaban J connectivity index is 1.60. The fraction of sp³-hybridized carbons (Fsp3) is 0.300. The molecule has 2 aromatic heterocycles. The van der Waals surface area contributed by atoms with E-state index in [-0.39, 0.29) is 17.8 Å². The first-order valence-electron chi connectivity index (χ1n) is 8.68. The highest BCUT2D eigenvalue weighted by Gasteiger charge is 2.28. The number of thiophene rings is 1. The number of carbonyl (C=O) groups is 1. The van der Waals surface area contributed by atoms with Crippen LogP contribution in [0.4, 0.5) is 4.39 Å². The minimum absolute atomic E-state index is 0.109. The maximum absolute atomic E-state index is 13.4. The molecule has 3 heterocycles. The Labute approximate surface area is 155 Å². The lowest BCUT2D eigenvalue weighted by Gasteiger charge is -2.31. The van der Waals surface area contributed by atoms with Crippen molar-refractivity contribution in [3.05, 3.63) is 65.0 Å². The molecule has 1 aliphatic heterocycles. The largest absolute Gasteiger partial charge is 0.381 e. The third-order valence-corrected chi connectivity index (χ3v) is 5.88. The van der Waals surface area contributed by atoms with E-state index in [0.29, 0.717) is 24.0 Å². The molecule has 4 nitrogen and oxygen atoms in total. The van der Waals surface area contributed by atoms with Gasteiger partial charge in [0, 0.05) is 30.3 Å². The van der Waals surface area contributed by atoms with Crippen molar-refractivity contribution in [2.24, 2.45) is 5.92 Å². The van der Waals surface area contributed by atoms with Crippen molar-refractivity contribution in [1.82, 2.24) is 10.3 Å². The van der Waals surface area contributed by atoms with Crippen LogP contribution in [0.25, 0.3) is 10.1 Å². The smallest absolute Gasteiger partial charge is 0.261 e. The molecule has 1 aromatic carbocycles. The fourth-order valence-corrected chi connectivity index (χ4v) is 4.37. The number of rotatable bonds is 4. The quantitative estimate of drug-likeness (QED) is 0.744. The maximum Gasteiger partial charge on any atom is 0.261 e. The summed E-state index contributed by atoms with van der Waals surface area (Å²) in [6, 6.07) is 10.1. The Morgan fingerprint density at radius 2 is 2.12 bits per heavy atom. The number of hydrogen-bond donors (Lipinski definition) is 1. The number of aromatic nitrogens is 1. The van der Waals surface area contributed by atoms with Crippen LogP contribution in [0, 0.1) is 11.7 Å². The van der Waals surface area contributed by atoms with E-state index in [2.05, 4.69) is 10.3 Å². The number of carbonyl (C=O) groups excluding carboxylic acids is 1. The van der Waals surface area contributed by atoms with Crippen molar-refractivity contribution in [3.63, 3.8) is 0 Å². The Morgan fingerprint density at radius 1 is 1.27 bits per heavy atom. The SMILES string of the molecule is O=C(N[C@H](c1cccnc1)C1CCOCC1)c1cc2cc(F)ccc2s1. The molecule has 1 saturated heterocycles. The summed E-state index contributed by atoms with van der Waals surface area (Å²) in [4.78, 5) is 17.7. The Morgan fingerprint density at radius 3 is 2.88 bits per heavy atom. The molecule has 1 N–H and O–H groups in total. The van der Waals surface area contributed by atoms with Crippen LogP contribution in [0.2, 0.25) is 0 Å². The van der Waals surface area contributed by atoms with Gasteiger partial charge in [-0.2, -0.15) is 0 Å². The van der Waals surface area contributed by atoms with Gasteiger partial charge in [-0.05, 0) is 60.0 Å². The second-order valence-electron chi connectivity index (χ2n) is 6.48. The molecule has 1 amide bonds. The Kier molecular flexibility index (Phi) is 4.95. The molecule has 26 heavy (non-hydrogen) atoms. The molecule has 6 heteroatoms. The zero-order valence-electron chi connectivity index (χ0n) is 14.2. The molecule has 0 bridgehead atoms. The van der Waals surface area contributed by atoms with E-state index in [0.717, 1.165) is 28.5 Å². The molecule has 1 fully saturated rings. The standard InChI is InChI=1S/C20H19FN2O2S/c21-16-3-4-17-15(10-16)11-18(26-17)20(24)23-19(13-5-8-25-9-6-13)14-2-1-7-22-12-14/h1-4,7,10-13,19H,5-6,8-9H2,(H,23,24)/t19-/m0/s1. The van der Waals surface area contributed by atoms with Gasteiger partial charge in [0.05, 0.1) is 10.9 Å². The van der Waals surface area contributed by atoms with Gasteiger partial charge in [-0.1, -0.05) is 6.07 Å². The van der Waals surface area contributed by atoms with E-state index in [9.17, 15) is 9.18 Å². The van der Waals surface area contributed by atoms with E-state index >= 15 is 0 Å². The average molecular weight is 370 g/mol. The predicted octanol–water partition coefficient (Wildman–Crippen LogP) is 4.33. The molecule has 134 valence electrons. The predicted molar refractivity (Wildman–Crippen MR) is 99.8 cm³/mol. The number of pyridine rings is 1. The molecule has 1 aliphatic rings. The summed E-state index contributed by atoms with van der Waals surface area (Å²) in [5.74, 6) is -0.117. The molecule has 0 spiro atoms. The summed E-state index contributed by atoms with van der Waals surface area (Å²) >= 11 is 1.38. The van der Waals surface area contributed by atoms with Crippen LogP contribution in [0.15, 0.2) is 48.8 Å². The van der Waals surface area contributed by atoms with E-state index in [1.165, 1.54) is 23.5 Å². The van der Waals surface area contributed by atoms with Crippen molar-refractivity contribution in [3.8, 4) is 0 Å². The van der Waals surface area contributed by atoms with E-state index < -0.39 is 0 Å². The molecule has 4 rings (SSSR count). The molecule has 1 atom stereocenters. The average Bonchev–Trinajstić information content (AvgIpc) is 3.10. The van der Waals surface area contributed by atoms with Gasteiger partial charge in [-0.25, -0.2) is 4.39 Å². The van der Waals surface area contributed by atoms with Crippen LogP contribution in [-0.4, -0.2) is 24.1 Å². The third kappa shape index (κ3) is 3.61. The highest BCUT2D eigenvalue weighted by molar-refractivity contribution is 7.20. The molecule has 0 unspecified atom stereocenters. The fourth-order valence-electron chi connectivity index (χ4n) is 3.42. The molecular formula is C20H19FN2O2S. The first-order valence-corrected chi connectivity index (χ1v) is 9.50. The van der Waals surface area contributed by atoms with Crippen molar-refractivity contribution < 1.29 is 13.9 Å². The highest BCUT2D eigenvalue weighted by Crippen LogP contribution is 2.31. The minimum atomic E-state index is -0.294. The van der Waals surface area contributed by atoms with Crippen molar-refractivity contribution in [1.29, 1.82) is 0 Å². The molecule has 0 saturated carbocycles. The normalized spacial score (nSPS) is 16.5. The number of fused-ring (bicyclic) bond motifs is 1. The number of ether oxygens (including phenoxy) is 1. The van der Waals surface area contributed by atoms with Crippen LogP contribution in [0.5, 0.6) is 0 Å². The van der Waals surface area contributed by atoms with E-state index in [4.69, 9.17) is 4.74 Å². The van der Waals surface area contributed by atoms with Gasteiger partial charge >= 0.3 is 0 Å². The zero-order chi connectivity index (χ0) is 17.9. The lowest BCUT2D eigenvalue weighted by atomic mass is 9.87. The topological polar surface area (TPSA) is 51.2 Å². The first-order chi connectivity index (χ1) is 12.7. The highest BCUT2D eigenvalue weighted by atomic mass is 32.1. The van der Waals surface area contributed by atoms with Crippen molar-refractivity contribution >= 4 is 27.3 Å². The van der Waals surface area contributed by atoms with Crippen LogP contribution in [0.3, 0.4) is 0 Å². The maximum atomic E-state index is 13.4. The molecule has 0 aliphatic carbocycles. The summed E-state index contributed by atoms with van der Waals surface area (Å²) in [6.45, 7) is 1.42. The van der Waals surface area contributed by atoms with Crippen LogP contribution < -0.4 is 5.32 Å². The number of amides is 1. The second kappa shape index (κ2) is 7.51. The minimum Gasteiger partial charge on any atom is -0.381 e.